The molecule has 4 aromatic rings. The minimum atomic E-state index is -0.330. The number of carbonyl (C=O) groups is 1. The van der Waals surface area contributed by atoms with Crippen molar-refractivity contribution in [3.63, 3.8) is 0 Å². The van der Waals surface area contributed by atoms with Gasteiger partial charge in [-0.05, 0) is 67.4 Å². The van der Waals surface area contributed by atoms with E-state index in [1.807, 2.05) is 32.0 Å². The topological polar surface area (TPSA) is 88.0 Å². The molecule has 4 rings (SSSR count). The van der Waals surface area contributed by atoms with Gasteiger partial charge in [0.15, 0.2) is 0 Å². The van der Waals surface area contributed by atoms with Crippen molar-refractivity contribution < 1.29 is 18.7 Å². The van der Waals surface area contributed by atoms with Gasteiger partial charge in [0, 0.05) is 11.5 Å². The van der Waals surface area contributed by atoms with Crippen molar-refractivity contribution in [2.24, 2.45) is 4.99 Å². The molecule has 0 fully saturated rings. The van der Waals surface area contributed by atoms with Crippen LogP contribution >= 0.6 is 0 Å². The Morgan fingerprint density at radius 2 is 1.86 bits per heavy atom. The highest BCUT2D eigenvalue weighted by atomic mass is 16.3. The van der Waals surface area contributed by atoms with Crippen LogP contribution in [0.25, 0.3) is 11.0 Å². The third-order valence-corrected chi connectivity index (χ3v) is 4.42. The Balaban J connectivity index is 1.82. The van der Waals surface area contributed by atoms with Crippen LogP contribution in [0.4, 0.5) is 5.69 Å². The van der Waals surface area contributed by atoms with Gasteiger partial charge in [-0.25, -0.2) is 4.99 Å². The fraction of sp³-hybridized carbons (Fsp3) is 0.130. The standard InChI is InChI=1S/C23H20N2O4/c1-14-8-15(2)10-17(9-14)25-23-20(22(27)24-13-19-4-3-7-28-19)11-16-5-6-18(26)12-21(16)29-23/h3-12,26H,13H2,1-2H3,(H,24,27). The van der Waals surface area contributed by atoms with Gasteiger partial charge in [-0.1, -0.05) is 6.07 Å². The van der Waals surface area contributed by atoms with E-state index in [4.69, 9.17) is 8.83 Å². The van der Waals surface area contributed by atoms with Crippen LogP contribution in [0.2, 0.25) is 0 Å². The highest BCUT2D eigenvalue weighted by molar-refractivity contribution is 5.96. The lowest BCUT2D eigenvalue weighted by Gasteiger charge is -2.07. The number of aromatic hydroxyl groups is 1. The van der Waals surface area contributed by atoms with Gasteiger partial charge in [0.1, 0.15) is 22.7 Å². The number of hydrogen-bond acceptors (Lipinski definition) is 5. The molecule has 0 unspecified atom stereocenters. The maximum Gasteiger partial charge on any atom is 0.257 e. The van der Waals surface area contributed by atoms with Crippen molar-refractivity contribution in [2.75, 3.05) is 0 Å². The molecule has 0 aliphatic carbocycles. The Hall–Kier alpha value is -3.80. The second-order valence-corrected chi connectivity index (χ2v) is 6.91. The first kappa shape index (κ1) is 18.6. The van der Waals surface area contributed by atoms with Crippen molar-refractivity contribution >= 4 is 22.6 Å². The highest BCUT2D eigenvalue weighted by Gasteiger charge is 2.14. The fourth-order valence-electron chi connectivity index (χ4n) is 3.16. The lowest BCUT2D eigenvalue weighted by atomic mass is 10.1. The number of rotatable bonds is 4. The second kappa shape index (κ2) is 7.67. The van der Waals surface area contributed by atoms with E-state index in [0.717, 1.165) is 11.1 Å². The van der Waals surface area contributed by atoms with E-state index < -0.39 is 0 Å². The van der Waals surface area contributed by atoms with E-state index >= 15 is 0 Å². The Morgan fingerprint density at radius 3 is 2.59 bits per heavy atom. The molecule has 0 aliphatic heterocycles. The molecule has 2 aromatic carbocycles. The van der Waals surface area contributed by atoms with E-state index in [1.54, 1.807) is 36.6 Å². The van der Waals surface area contributed by atoms with Gasteiger partial charge in [-0.3, -0.25) is 4.79 Å². The van der Waals surface area contributed by atoms with Gasteiger partial charge in [0.05, 0.1) is 18.5 Å². The highest BCUT2D eigenvalue weighted by Crippen LogP contribution is 2.21. The minimum Gasteiger partial charge on any atom is -0.508 e. The molecule has 1 amide bonds. The fourth-order valence-corrected chi connectivity index (χ4v) is 3.16. The summed E-state index contributed by atoms with van der Waals surface area (Å²) in [5, 5.41) is 13.3. The first-order valence-corrected chi connectivity index (χ1v) is 9.18. The average Bonchev–Trinajstić information content (AvgIpc) is 3.18. The Kier molecular flexibility index (Phi) is 4.91. The summed E-state index contributed by atoms with van der Waals surface area (Å²) in [6.07, 6.45) is 1.56. The predicted molar refractivity (Wildman–Crippen MR) is 109 cm³/mol. The number of amides is 1. The Labute approximate surface area is 167 Å². The van der Waals surface area contributed by atoms with Gasteiger partial charge in [0.25, 0.3) is 5.91 Å². The van der Waals surface area contributed by atoms with Crippen LogP contribution in [-0.4, -0.2) is 11.0 Å². The van der Waals surface area contributed by atoms with Gasteiger partial charge in [-0.15, -0.1) is 0 Å². The smallest absolute Gasteiger partial charge is 0.257 e. The molecule has 0 spiro atoms. The minimum absolute atomic E-state index is 0.0774. The zero-order chi connectivity index (χ0) is 20.4. The van der Waals surface area contributed by atoms with E-state index in [2.05, 4.69) is 10.3 Å². The number of nitrogens with one attached hydrogen (secondary N) is 1. The number of furan rings is 1. The van der Waals surface area contributed by atoms with Crippen LogP contribution in [0.3, 0.4) is 0 Å². The number of nitrogens with zero attached hydrogens (tertiary/aromatic N) is 1. The number of phenols is 1. The SMILES string of the molecule is Cc1cc(C)cc(N=c2oc3cc(O)ccc3cc2C(=O)NCc2ccco2)c1. The second-order valence-electron chi connectivity index (χ2n) is 6.91. The van der Waals surface area contributed by atoms with Crippen molar-refractivity contribution in [1.29, 1.82) is 0 Å². The molecule has 0 bridgehead atoms. The van der Waals surface area contributed by atoms with Gasteiger partial charge in [0.2, 0.25) is 5.55 Å². The van der Waals surface area contributed by atoms with Crippen LogP contribution in [0.1, 0.15) is 27.2 Å². The lowest BCUT2D eigenvalue weighted by Crippen LogP contribution is -2.28. The van der Waals surface area contributed by atoms with Crippen LogP contribution < -0.4 is 10.9 Å². The predicted octanol–water partition coefficient (Wildman–Crippen LogP) is 4.51. The van der Waals surface area contributed by atoms with Crippen molar-refractivity contribution in [3.8, 4) is 5.75 Å². The number of phenolic OH excluding ortho intramolecular Hbond substituents is 1. The molecule has 6 heteroatoms. The van der Waals surface area contributed by atoms with E-state index in [1.165, 1.54) is 6.07 Å². The lowest BCUT2D eigenvalue weighted by molar-refractivity contribution is 0.0944. The largest absolute Gasteiger partial charge is 0.508 e. The first-order chi connectivity index (χ1) is 14.0. The number of hydrogen-bond donors (Lipinski definition) is 2. The normalized spacial score (nSPS) is 11.7. The van der Waals surface area contributed by atoms with Gasteiger partial charge < -0.3 is 19.3 Å². The summed E-state index contributed by atoms with van der Waals surface area (Å²) >= 11 is 0. The zero-order valence-corrected chi connectivity index (χ0v) is 16.1. The van der Waals surface area contributed by atoms with Crippen molar-refractivity contribution in [2.45, 2.75) is 20.4 Å². The van der Waals surface area contributed by atoms with E-state index in [-0.39, 0.29) is 23.8 Å². The maximum atomic E-state index is 12.9. The summed E-state index contributed by atoms with van der Waals surface area (Å²) in [4.78, 5) is 17.4. The quantitative estimate of drug-likeness (QED) is 0.538. The summed E-state index contributed by atoms with van der Waals surface area (Å²) < 4.78 is 11.2. The molecular weight excluding hydrogens is 368 g/mol. The molecule has 0 saturated heterocycles. The number of benzene rings is 2. The zero-order valence-electron chi connectivity index (χ0n) is 16.1. The average molecular weight is 388 g/mol. The molecule has 2 N–H and O–H groups in total. The summed E-state index contributed by atoms with van der Waals surface area (Å²) in [6, 6.07) is 15.9. The van der Waals surface area contributed by atoms with Gasteiger partial charge in [-0.2, -0.15) is 0 Å². The molecule has 0 atom stereocenters. The first-order valence-electron chi connectivity index (χ1n) is 9.18. The molecule has 2 heterocycles. The monoisotopic (exact) mass is 388 g/mol. The Bertz CT molecular complexity index is 1230. The molecule has 0 aliphatic rings. The van der Waals surface area contributed by atoms with Crippen molar-refractivity contribution in [1.82, 2.24) is 5.32 Å². The summed E-state index contributed by atoms with van der Waals surface area (Å²) in [5.41, 5.74) is 3.72. The van der Waals surface area contributed by atoms with E-state index in [9.17, 15) is 9.90 Å². The van der Waals surface area contributed by atoms with Crippen LogP contribution in [0, 0.1) is 13.8 Å². The number of carbonyl (C=O) groups excluding carboxylic acids is 1. The summed E-state index contributed by atoms with van der Waals surface area (Å²) in [7, 11) is 0. The van der Waals surface area contributed by atoms with Crippen LogP contribution in [-0.2, 0) is 6.54 Å². The molecule has 2 aromatic heterocycles. The van der Waals surface area contributed by atoms with E-state index in [0.29, 0.717) is 28.0 Å². The third kappa shape index (κ3) is 4.21. The van der Waals surface area contributed by atoms with Gasteiger partial charge >= 0.3 is 0 Å². The molecule has 29 heavy (non-hydrogen) atoms. The molecule has 146 valence electrons. The number of aryl methyl sites for hydroxylation is 2. The third-order valence-electron chi connectivity index (χ3n) is 4.42. The summed E-state index contributed by atoms with van der Waals surface area (Å²) in [6.45, 7) is 4.22. The molecule has 0 radical (unpaired) electrons. The van der Waals surface area contributed by atoms with Crippen LogP contribution in [0.5, 0.6) is 5.75 Å². The molecular formula is C23H20N2O4. The van der Waals surface area contributed by atoms with Crippen LogP contribution in [0.15, 0.2) is 74.7 Å². The summed E-state index contributed by atoms with van der Waals surface area (Å²) in [5.74, 6) is 0.394. The maximum absolute atomic E-state index is 12.9. The van der Waals surface area contributed by atoms with Crippen molar-refractivity contribution in [3.05, 3.63) is 88.9 Å². The number of fused-ring (bicyclic) bond motifs is 1. The molecule has 6 nitrogen and oxygen atoms in total. The Morgan fingerprint density at radius 1 is 1.07 bits per heavy atom. The molecule has 0 saturated carbocycles.